The molecule has 1 aromatic carbocycles. The fraction of sp³-hybridized carbons (Fsp3) is 0.391. The molecule has 3 rings (SSSR count). The smallest absolute Gasteiger partial charge is 0.238 e. The minimum atomic E-state index is -0.814. The predicted octanol–water partition coefficient (Wildman–Crippen LogP) is 1.77. The lowest BCUT2D eigenvalue weighted by Gasteiger charge is -2.40. The van der Waals surface area contributed by atoms with Gasteiger partial charge in [-0.1, -0.05) is 6.07 Å². The molecule has 0 unspecified atom stereocenters. The molecule has 1 aliphatic rings. The molecule has 0 saturated carbocycles. The first kappa shape index (κ1) is 23.2. The van der Waals surface area contributed by atoms with E-state index in [1.165, 1.54) is 14.0 Å². The van der Waals surface area contributed by atoms with E-state index >= 15 is 0 Å². The number of benzene rings is 1. The first-order chi connectivity index (χ1) is 15.4. The molecule has 0 radical (unpaired) electrons. The van der Waals surface area contributed by atoms with Gasteiger partial charge in [0.2, 0.25) is 17.7 Å². The van der Waals surface area contributed by atoms with Crippen LogP contribution in [0.5, 0.6) is 5.75 Å². The Labute approximate surface area is 187 Å². The zero-order chi connectivity index (χ0) is 23.1. The molecule has 0 aliphatic carbocycles. The number of likely N-dealkylation sites (tertiary alicyclic amines) is 1. The number of anilines is 2. The Kier molecular flexibility index (Phi) is 7.42. The summed E-state index contributed by atoms with van der Waals surface area (Å²) in [5.74, 6) is -0.0470. The number of ether oxygens (including phenoxy) is 1. The number of hydrogen-bond donors (Lipinski definition) is 3. The summed E-state index contributed by atoms with van der Waals surface area (Å²) in [6.45, 7) is 2.57. The maximum Gasteiger partial charge on any atom is 0.238 e. The highest BCUT2D eigenvalue weighted by molar-refractivity contribution is 6.00. The molecule has 170 valence electrons. The number of nitrogens with one attached hydrogen (secondary N) is 3. The second-order valence-corrected chi connectivity index (χ2v) is 7.83. The van der Waals surface area contributed by atoms with Crippen LogP contribution < -0.4 is 20.7 Å². The van der Waals surface area contributed by atoms with Crippen LogP contribution in [-0.2, 0) is 19.8 Å². The molecule has 0 bridgehead atoms. The highest BCUT2D eigenvalue weighted by atomic mass is 16.5. The maximum absolute atomic E-state index is 12.9. The Hall–Kier alpha value is -3.46. The van der Waals surface area contributed by atoms with Crippen molar-refractivity contribution in [2.24, 2.45) is 0 Å². The number of rotatable bonds is 7. The van der Waals surface area contributed by atoms with Crippen LogP contribution in [0.2, 0.25) is 0 Å². The standard InChI is InChI=1S/C23H29N5O4/c1-16(29)26-18-9-8-17(32-3)13-19(18)27-21(30)14-28-12-6-10-23(15-28,22(31)24-2)20-7-4-5-11-25-20/h4-5,7-9,11,13H,6,10,12,14-15H2,1-3H3,(H,24,31)(H,26,29)(H,27,30)/t23-/m1/s1. The third-order valence-corrected chi connectivity index (χ3v) is 5.57. The van der Waals surface area contributed by atoms with Crippen molar-refractivity contribution < 1.29 is 19.1 Å². The molecule has 9 heteroatoms. The largest absolute Gasteiger partial charge is 0.497 e. The quantitative estimate of drug-likeness (QED) is 0.606. The van der Waals surface area contributed by atoms with Crippen molar-refractivity contribution >= 4 is 29.1 Å². The summed E-state index contributed by atoms with van der Waals surface area (Å²) in [7, 11) is 3.15. The Morgan fingerprint density at radius 3 is 2.62 bits per heavy atom. The minimum absolute atomic E-state index is 0.0995. The molecule has 1 fully saturated rings. The van der Waals surface area contributed by atoms with E-state index in [1.54, 1.807) is 31.4 Å². The fourth-order valence-corrected chi connectivity index (χ4v) is 4.12. The van der Waals surface area contributed by atoms with E-state index in [-0.39, 0.29) is 24.3 Å². The first-order valence-electron chi connectivity index (χ1n) is 10.5. The maximum atomic E-state index is 12.9. The zero-order valence-electron chi connectivity index (χ0n) is 18.6. The van der Waals surface area contributed by atoms with Gasteiger partial charge in [-0.2, -0.15) is 0 Å². The van der Waals surface area contributed by atoms with Crippen LogP contribution in [0.25, 0.3) is 0 Å². The van der Waals surface area contributed by atoms with Gasteiger partial charge in [0.05, 0.1) is 30.7 Å². The van der Waals surface area contributed by atoms with Gasteiger partial charge in [0.1, 0.15) is 11.2 Å². The lowest BCUT2D eigenvalue weighted by Crippen LogP contribution is -2.55. The third-order valence-electron chi connectivity index (χ3n) is 5.57. The number of likely N-dealkylation sites (N-methyl/N-ethyl adjacent to an activating group) is 1. The normalized spacial score (nSPS) is 18.5. The highest BCUT2D eigenvalue weighted by Gasteiger charge is 2.44. The van der Waals surface area contributed by atoms with Crippen molar-refractivity contribution in [2.45, 2.75) is 25.2 Å². The summed E-state index contributed by atoms with van der Waals surface area (Å²) in [5, 5.41) is 8.33. The fourth-order valence-electron chi connectivity index (χ4n) is 4.12. The van der Waals surface area contributed by atoms with Crippen LogP contribution in [0.1, 0.15) is 25.5 Å². The van der Waals surface area contributed by atoms with Crippen LogP contribution >= 0.6 is 0 Å². The molecule has 9 nitrogen and oxygen atoms in total. The van der Waals surface area contributed by atoms with Gasteiger partial charge < -0.3 is 20.7 Å². The van der Waals surface area contributed by atoms with Gasteiger partial charge >= 0.3 is 0 Å². The molecule has 2 aromatic rings. The molecule has 32 heavy (non-hydrogen) atoms. The van der Waals surface area contributed by atoms with Crippen molar-refractivity contribution in [3.05, 3.63) is 48.3 Å². The predicted molar refractivity (Wildman–Crippen MR) is 122 cm³/mol. The number of carbonyl (C=O) groups is 3. The van der Waals surface area contributed by atoms with Crippen LogP contribution in [0.15, 0.2) is 42.6 Å². The van der Waals surface area contributed by atoms with Gasteiger partial charge in [-0.05, 0) is 43.7 Å². The Morgan fingerprint density at radius 1 is 1.16 bits per heavy atom. The number of aromatic nitrogens is 1. The van der Waals surface area contributed by atoms with Gasteiger partial charge in [0.15, 0.2) is 0 Å². The van der Waals surface area contributed by atoms with E-state index in [9.17, 15) is 14.4 Å². The highest BCUT2D eigenvalue weighted by Crippen LogP contribution is 2.33. The lowest BCUT2D eigenvalue weighted by atomic mass is 9.75. The average Bonchev–Trinajstić information content (AvgIpc) is 2.80. The molecule has 2 heterocycles. The number of nitrogens with zero attached hydrogens (tertiary/aromatic N) is 2. The van der Waals surface area contributed by atoms with Crippen LogP contribution in [0.3, 0.4) is 0 Å². The van der Waals surface area contributed by atoms with Gasteiger partial charge in [0, 0.05) is 32.8 Å². The summed E-state index contributed by atoms with van der Waals surface area (Å²) in [5.41, 5.74) is 0.818. The molecule has 3 N–H and O–H groups in total. The monoisotopic (exact) mass is 439 g/mol. The molecular formula is C23H29N5O4. The van der Waals surface area contributed by atoms with E-state index in [0.717, 1.165) is 6.42 Å². The number of hydrogen-bond acceptors (Lipinski definition) is 6. The molecule has 0 spiro atoms. The summed E-state index contributed by atoms with van der Waals surface area (Å²) in [6, 6.07) is 10.6. The third kappa shape index (κ3) is 5.23. The topological polar surface area (TPSA) is 113 Å². The molecule has 1 atom stereocenters. The summed E-state index contributed by atoms with van der Waals surface area (Å²) >= 11 is 0. The van der Waals surface area contributed by atoms with Gasteiger partial charge in [-0.25, -0.2) is 0 Å². The summed E-state index contributed by atoms with van der Waals surface area (Å²) in [4.78, 5) is 43.7. The number of pyridine rings is 1. The van der Waals surface area contributed by atoms with E-state index in [1.807, 2.05) is 23.1 Å². The minimum Gasteiger partial charge on any atom is -0.497 e. The Morgan fingerprint density at radius 2 is 1.97 bits per heavy atom. The number of amides is 3. The second-order valence-electron chi connectivity index (χ2n) is 7.83. The summed E-state index contributed by atoms with van der Waals surface area (Å²) < 4.78 is 5.24. The van der Waals surface area contributed by atoms with E-state index in [2.05, 4.69) is 20.9 Å². The molecule has 1 aromatic heterocycles. The first-order valence-corrected chi connectivity index (χ1v) is 10.5. The molecular weight excluding hydrogens is 410 g/mol. The van der Waals surface area contributed by atoms with E-state index in [0.29, 0.717) is 42.3 Å². The van der Waals surface area contributed by atoms with E-state index in [4.69, 9.17) is 4.74 Å². The van der Waals surface area contributed by atoms with Crippen molar-refractivity contribution in [1.82, 2.24) is 15.2 Å². The van der Waals surface area contributed by atoms with Crippen molar-refractivity contribution in [1.29, 1.82) is 0 Å². The van der Waals surface area contributed by atoms with Gasteiger partial charge in [-0.3, -0.25) is 24.3 Å². The van der Waals surface area contributed by atoms with Gasteiger partial charge in [0.25, 0.3) is 0 Å². The van der Waals surface area contributed by atoms with E-state index < -0.39 is 5.41 Å². The van der Waals surface area contributed by atoms with Crippen molar-refractivity contribution in [3.8, 4) is 5.75 Å². The lowest BCUT2D eigenvalue weighted by molar-refractivity contribution is -0.130. The molecule has 1 saturated heterocycles. The number of methoxy groups -OCH3 is 1. The number of piperidine rings is 1. The molecule has 3 amide bonds. The van der Waals surface area contributed by atoms with Crippen LogP contribution in [0.4, 0.5) is 11.4 Å². The van der Waals surface area contributed by atoms with Gasteiger partial charge in [-0.15, -0.1) is 0 Å². The second kappa shape index (κ2) is 10.2. The Bertz CT molecular complexity index is 982. The Balaban J connectivity index is 1.77. The molecule has 1 aliphatic heterocycles. The number of carbonyl (C=O) groups excluding carboxylic acids is 3. The van der Waals surface area contributed by atoms with Crippen molar-refractivity contribution in [3.63, 3.8) is 0 Å². The summed E-state index contributed by atoms with van der Waals surface area (Å²) in [6.07, 6.45) is 3.09. The zero-order valence-corrected chi connectivity index (χ0v) is 18.6. The van der Waals surface area contributed by atoms with Crippen LogP contribution in [-0.4, -0.2) is 61.4 Å². The average molecular weight is 440 g/mol. The SMILES string of the molecule is CNC(=O)[C@]1(c2ccccn2)CCCN(CC(=O)Nc2cc(OC)ccc2NC(C)=O)C1. The van der Waals surface area contributed by atoms with Crippen molar-refractivity contribution in [2.75, 3.05) is 44.4 Å². The van der Waals surface area contributed by atoms with Crippen LogP contribution in [0, 0.1) is 0 Å².